The Kier molecular flexibility index (Phi) is 2.93. The molecule has 0 bridgehead atoms. The lowest BCUT2D eigenvalue weighted by Gasteiger charge is -2.04. The summed E-state index contributed by atoms with van der Waals surface area (Å²) in [4.78, 5) is 20.4. The summed E-state index contributed by atoms with van der Waals surface area (Å²) >= 11 is 0. The number of non-ortho nitro benzene ring substituents is 1. The Balaban J connectivity index is 2.57. The molecule has 0 unspecified atom stereocenters. The van der Waals surface area contributed by atoms with Gasteiger partial charge in [-0.2, -0.15) is 0 Å². The maximum atomic E-state index is 13.8. The molecule has 0 aliphatic carbocycles. The van der Waals surface area contributed by atoms with Crippen molar-refractivity contribution >= 4 is 12.0 Å². The van der Waals surface area contributed by atoms with Gasteiger partial charge < -0.3 is 4.42 Å². The van der Waals surface area contributed by atoms with Gasteiger partial charge in [-0.15, -0.1) is 0 Å². The summed E-state index contributed by atoms with van der Waals surface area (Å²) in [5, 5.41) is 10.6. The monoisotopic (exact) mass is 249 g/mol. The minimum atomic E-state index is -0.756. The van der Waals surface area contributed by atoms with Crippen LogP contribution in [-0.2, 0) is 0 Å². The summed E-state index contributed by atoms with van der Waals surface area (Å²) in [5.41, 5.74) is 0.165. The highest BCUT2D eigenvalue weighted by atomic mass is 19.1. The number of aryl methyl sites for hydroxylation is 1. The van der Waals surface area contributed by atoms with Gasteiger partial charge in [-0.3, -0.25) is 14.9 Å². The molecule has 0 amide bonds. The molecule has 5 nitrogen and oxygen atoms in total. The lowest BCUT2D eigenvalue weighted by Crippen LogP contribution is -1.94. The molecule has 0 fully saturated rings. The predicted molar refractivity (Wildman–Crippen MR) is 60.9 cm³/mol. The number of nitrogens with zero attached hydrogens (tertiary/aromatic N) is 1. The first kappa shape index (κ1) is 12.0. The molecule has 0 N–H and O–H groups in total. The fourth-order valence-corrected chi connectivity index (χ4v) is 1.69. The van der Waals surface area contributed by atoms with Crippen molar-refractivity contribution in [1.29, 1.82) is 0 Å². The molecule has 2 aromatic rings. The number of hydrogen-bond acceptors (Lipinski definition) is 4. The van der Waals surface area contributed by atoms with Gasteiger partial charge in [0.1, 0.15) is 11.6 Å². The van der Waals surface area contributed by atoms with Gasteiger partial charge in [0.2, 0.25) is 0 Å². The molecule has 0 aliphatic heterocycles. The third-order valence-corrected chi connectivity index (χ3v) is 2.47. The number of carbonyl (C=O) groups is 1. The quantitative estimate of drug-likeness (QED) is 0.476. The summed E-state index contributed by atoms with van der Waals surface area (Å²) < 4.78 is 18.9. The van der Waals surface area contributed by atoms with Crippen molar-refractivity contribution in [2.75, 3.05) is 0 Å². The zero-order valence-electron chi connectivity index (χ0n) is 9.34. The molecule has 6 heteroatoms. The van der Waals surface area contributed by atoms with E-state index in [1.807, 2.05) is 0 Å². The molecular formula is C12H8FNO4. The summed E-state index contributed by atoms with van der Waals surface area (Å²) in [6, 6.07) is 4.93. The van der Waals surface area contributed by atoms with Gasteiger partial charge in [-0.1, -0.05) is 0 Å². The molecular weight excluding hydrogens is 241 g/mol. The Labute approximate surface area is 101 Å². The number of nitro groups is 1. The van der Waals surface area contributed by atoms with Crippen LogP contribution < -0.4 is 0 Å². The maximum Gasteiger partial charge on any atom is 0.272 e. The highest BCUT2D eigenvalue weighted by molar-refractivity contribution is 5.74. The maximum absolute atomic E-state index is 13.8. The highest BCUT2D eigenvalue weighted by Gasteiger charge is 2.18. The van der Waals surface area contributed by atoms with Crippen LogP contribution in [0.25, 0.3) is 11.3 Å². The second-order valence-electron chi connectivity index (χ2n) is 3.70. The number of hydrogen-bond donors (Lipinski definition) is 0. The lowest BCUT2D eigenvalue weighted by atomic mass is 10.1. The number of nitro benzene ring substituents is 1. The van der Waals surface area contributed by atoms with Crippen LogP contribution in [0.2, 0.25) is 0 Å². The smallest absolute Gasteiger partial charge is 0.272 e. The third-order valence-electron chi connectivity index (χ3n) is 2.47. The van der Waals surface area contributed by atoms with E-state index >= 15 is 0 Å². The molecule has 0 atom stereocenters. The Morgan fingerprint density at radius 2 is 2.11 bits per heavy atom. The van der Waals surface area contributed by atoms with Crippen molar-refractivity contribution in [1.82, 2.24) is 0 Å². The van der Waals surface area contributed by atoms with Gasteiger partial charge >= 0.3 is 0 Å². The van der Waals surface area contributed by atoms with E-state index in [0.29, 0.717) is 11.8 Å². The van der Waals surface area contributed by atoms with Crippen LogP contribution in [0.1, 0.15) is 16.1 Å². The van der Waals surface area contributed by atoms with E-state index in [1.54, 1.807) is 0 Å². The van der Waals surface area contributed by atoms with Crippen LogP contribution in [0.3, 0.4) is 0 Å². The first-order valence-electron chi connectivity index (χ1n) is 5.03. The summed E-state index contributed by atoms with van der Waals surface area (Å²) in [6.07, 6.45) is 0.502. The van der Waals surface area contributed by atoms with Crippen LogP contribution in [0.15, 0.2) is 28.7 Å². The number of rotatable bonds is 3. The minimum Gasteiger partial charge on any atom is -0.453 e. The summed E-state index contributed by atoms with van der Waals surface area (Å²) in [7, 11) is 0. The van der Waals surface area contributed by atoms with E-state index in [-0.39, 0.29) is 22.8 Å². The molecule has 0 spiro atoms. The standard InChI is InChI=1S/C12H8FNO4/c1-7-4-8(14(16)17)5-10(13)12(7)11-3-2-9(6-15)18-11/h2-6H,1H3. The van der Waals surface area contributed by atoms with Crippen molar-refractivity contribution in [3.8, 4) is 11.3 Å². The Morgan fingerprint density at radius 3 is 2.61 bits per heavy atom. The van der Waals surface area contributed by atoms with Gasteiger partial charge in [0.05, 0.1) is 16.6 Å². The van der Waals surface area contributed by atoms with Crippen LogP contribution >= 0.6 is 0 Å². The Bertz CT molecular complexity index is 610. The van der Waals surface area contributed by atoms with Crippen molar-refractivity contribution in [3.63, 3.8) is 0 Å². The number of furan rings is 1. The largest absolute Gasteiger partial charge is 0.453 e. The van der Waals surface area contributed by atoms with Gasteiger partial charge in [0, 0.05) is 6.07 Å². The van der Waals surface area contributed by atoms with E-state index < -0.39 is 10.7 Å². The lowest BCUT2D eigenvalue weighted by molar-refractivity contribution is -0.385. The number of benzene rings is 1. The normalized spacial score (nSPS) is 10.3. The molecule has 18 heavy (non-hydrogen) atoms. The van der Waals surface area contributed by atoms with E-state index in [4.69, 9.17) is 4.42 Å². The van der Waals surface area contributed by atoms with Crippen LogP contribution in [0, 0.1) is 22.9 Å². The second-order valence-corrected chi connectivity index (χ2v) is 3.70. The van der Waals surface area contributed by atoms with E-state index in [9.17, 15) is 19.3 Å². The number of aldehydes is 1. The summed E-state index contributed by atoms with van der Waals surface area (Å²) in [5.74, 6) is -0.516. The molecule has 92 valence electrons. The van der Waals surface area contributed by atoms with E-state index in [0.717, 1.165) is 6.07 Å². The van der Waals surface area contributed by atoms with Gasteiger partial charge in [-0.05, 0) is 24.6 Å². The molecule has 2 rings (SSSR count). The molecule has 1 heterocycles. The zero-order valence-corrected chi connectivity index (χ0v) is 9.34. The van der Waals surface area contributed by atoms with E-state index in [2.05, 4.69) is 0 Å². The average Bonchev–Trinajstić information content (AvgIpc) is 2.76. The second kappa shape index (κ2) is 4.40. The highest BCUT2D eigenvalue weighted by Crippen LogP contribution is 2.31. The van der Waals surface area contributed by atoms with E-state index in [1.165, 1.54) is 25.1 Å². The van der Waals surface area contributed by atoms with Crippen LogP contribution in [0.5, 0.6) is 0 Å². The SMILES string of the molecule is Cc1cc([N+](=O)[O-])cc(F)c1-c1ccc(C=O)o1. The van der Waals surface area contributed by atoms with Crippen LogP contribution in [0.4, 0.5) is 10.1 Å². The molecule has 1 aromatic carbocycles. The third kappa shape index (κ3) is 2.00. The molecule has 1 aromatic heterocycles. The fourth-order valence-electron chi connectivity index (χ4n) is 1.69. The van der Waals surface area contributed by atoms with Gasteiger partial charge in [-0.25, -0.2) is 4.39 Å². The van der Waals surface area contributed by atoms with Crippen LogP contribution in [-0.4, -0.2) is 11.2 Å². The first-order chi connectivity index (χ1) is 8.52. The number of halogens is 1. The predicted octanol–water partition coefficient (Wildman–Crippen LogP) is 3.11. The minimum absolute atomic E-state index is 0.0714. The van der Waals surface area contributed by atoms with Crippen molar-refractivity contribution in [2.24, 2.45) is 0 Å². The van der Waals surface area contributed by atoms with Gasteiger partial charge in [0.25, 0.3) is 5.69 Å². The molecule has 0 aliphatic rings. The fraction of sp³-hybridized carbons (Fsp3) is 0.0833. The van der Waals surface area contributed by atoms with Crippen molar-refractivity contribution in [3.05, 3.63) is 51.5 Å². The zero-order chi connectivity index (χ0) is 13.3. The Hall–Kier alpha value is -2.50. The first-order valence-corrected chi connectivity index (χ1v) is 5.03. The van der Waals surface area contributed by atoms with Crippen molar-refractivity contribution < 1.29 is 18.5 Å². The summed E-state index contributed by atoms with van der Waals surface area (Å²) in [6.45, 7) is 1.54. The van der Waals surface area contributed by atoms with Gasteiger partial charge in [0.15, 0.2) is 12.0 Å². The average molecular weight is 249 g/mol. The van der Waals surface area contributed by atoms with Crippen molar-refractivity contribution in [2.45, 2.75) is 6.92 Å². The molecule has 0 radical (unpaired) electrons. The Morgan fingerprint density at radius 1 is 1.39 bits per heavy atom. The molecule has 0 saturated heterocycles. The number of carbonyl (C=O) groups excluding carboxylic acids is 1. The topological polar surface area (TPSA) is 73.3 Å². The molecule has 0 saturated carbocycles.